The first-order valence-electron chi connectivity index (χ1n) is 25.0. The molecule has 6 nitrogen and oxygen atoms in total. The zero-order valence-corrected chi connectivity index (χ0v) is 40.1. The van der Waals surface area contributed by atoms with Crippen molar-refractivity contribution < 1.29 is 0 Å². The number of para-hydroxylation sites is 4. The molecule has 0 aliphatic rings. The molecule has 10 aromatic carbocycles. The number of hydrogen-bond acceptors (Lipinski definition) is 4. The molecule has 0 aliphatic heterocycles. The van der Waals surface area contributed by atoms with Gasteiger partial charge >= 0.3 is 0 Å². The monoisotopic (exact) mass is 944 g/mol. The summed E-state index contributed by atoms with van der Waals surface area (Å²) in [6.07, 6.45) is 0. The van der Waals surface area contributed by atoms with Crippen LogP contribution in [0.15, 0.2) is 267 Å². The standard InChI is InChI=1S/C68H44N6/c1-3-15-47(16-4-1)59-43-61(49-35-39-53(40-36-49)73-63-23-11-7-19-55(63)56-20-8-12-24-64(56)73)71-67(69-59)51-31-27-45(28-32-51)46-29-33-52(34-30-46)68-70-60(48-17-5-2-6-18-48)44-62(72-68)50-37-41-54(42-38-50)74-65-25-13-9-21-57(65)58-22-10-14-26-66(58)74/h1-44H. The Balaban J connectivity index is 0.769. The summed E-state index contributed by atoms with van der Waals surface area (Å²) in [5, 5.41) is 4.97. The molecule has 346 valence electrons. The van der Waals surface area contributed by atoms with Gasteiger partial charge in [-0.15, -0.1) is 0 Å². The molecule has 0 unspecified atom stereocenters. The largest absolute Gasteiger partial charge is 0.309 e. The molecule has 14 rings (SSSR count). The third-order valence-electron chi connectivity index (χ3n) is 14.2. The van der Waals surface area contributed by atoms with Gasteiger partial charge in [-0.1, -0.05) is 206 Å². The Morgan fingerprint density at radius 2 is 0.446 bits per heavy atom. The van der Waals surface area contributed by atoms with E-state index in [1.807, 2.05) is 12.1 Å². The van der Waals surface area contributed by atoms with Crippen molar-refractivity contribution in [3.05, 3.63) is 267 Å². The minimum atomic E-state index is 0.669. The van der Waals surface area contributed by atoms with Crippen LogP contribution < -0.4 is 0 Å². The van der Waals surface area contributed by atoms with Gasteiger partial charge in [-0.2, -0.15) is 0 Å². The predicted molar refractivity (Wildman–Crippen MR) is 304 cm³/mol. The molecule has 0 amide bonds. The van der Waals surface area contributed by atoms with Gasteiger partial charge in [-0.3, -0.25) is 0 Å². The third kappa shape index (κ3) is 7.61. The third-order valence-corrected chi connectivity index (χ3v) is 14.2. The lowest BCUT2D eigenvalue weighted by atomic mass is 10.0. The summed E-state index contributed by atoms with van der Waals surface area (Å²) < 4.78 is 4.68. The van der Waals surface area contributed by atoms with Crippen LogP contribution in [0.4, 0.5) is 0 Å². The van der Waals surface area contributed by atoms with Crippen molar-refractivity contribution in [1.82, 2.24) is 29.1 Å². The van der Waals surface area contributed by atoms with Crippen LogP contribution in [0, 0.1) is 0 Å². The summed E-state index contributed by atoms with van der Waals surface area (Å²) in [7, 11) is 0. The van der Waals surface area contributed by atoms with Crippen LogP contribution in [0.1, 0.15) is 0 Å². The number of benzene rings is 10. The molecule has 0 N–H and O–H groups in total. The lowest BCUT2D eigenvalue weighted by Gasteiger charge is -2.12. The first kappa shape index (κ1) is 42.8. The van der Waals surface area contributed by atoms with E-state index in [1.54, 1.807) is 0 Å². The van der Waals surface area contributed by atoms with Crippen LogP contribution in [0.25, 0.3) is 134 Å². The van der Waals surface area contributed by atoms with E-state index in [4.69, 9.17) is 19.9 Å². The van der Waals surface area contributed by atoms with E-state index in [0.717, 1.165) is 78.7 Å². The molecule has 0 bridgehead atoms. The highest BCUT2D eigenvalue weighted by Crippen LogP contribution is 2.37. The molecule has 0 fully saturated rings. The van der Waals surface area contributed by atoms with E-state index in [1.165, 1.54) is 43.6 Å². The molecule has 4 heterocycles. The zero-order chi connectivity index (χ0) is 49.0. The summed E-state index contributed by atoms with van der Waals surface area (Å²) in [5.41, 5.74) is 18.6. The van der Waals surface area contributed by atoms with Gasteiger partial charge < -0.3 is 9.13 Å². The Morgan fingerprint density at radius 1 is 0.203 bits per heavy atom. The van der Waals surface area contributed by atoms with E-state index in [9.17, 15) is 0 Å². The Labute approximate surface area is 427 Å². The fourth-order valence-electron chi connectivity index (χ4n) is 10.5. The van der Waals surface area contributed by atoms with Crippen LogP contribution in [-0.4, -0.2) is 29.1 Å². The second kappa shape index (κ2) is 18.0. The van der Waals surface area contributed by atoms with E-state index in [2.05, 4.69) is 264 Å². The maximum atomic E-state index is 5.20. The highest BCUT2D eigenvalue weighted by molar-refractivity contribution is 6.10. The Bertz CT molecular complexity index is 3980. The van der Waals surface area contributed by atoms with Crippen molar-refractivity contribution in [2.45, 2.75) is 0 Å². The van der Waals surface area contributed by atoms with Gasteiger partial charge in [0.1, 0.15) is 0 Å². The van der Waals surface area contributed by atoms with Crippen molar-refractivity contribution in [2.24, 2.45) is 0 Å². The number of aromatic nitrogens is 6. The normalized spacial score (nSPS) is 11.5. The average molecular weight is 945 g/mol. The molecule has 0 saturated carbocycles. The van der Waals surface area contributed by atoms with Gasteiger partial charge in [0.25, 0.3) is 0 Å². The molecule has 0 spiro atoms. The van der Waals surface area contributed by atoms with Crippen LogP contribution >= 0.6 is 0 Å². The quantitative estimate of drug-likeness (QED) is 0.145. The predicted octanol–water partition coefficient (Wildman–Crippen LogP) is 17.1. The first-order chi connectivity index (χ1) is 36.7. The van der Waals surface area contributed by atoms with Crippen molar-refractivity contribution >= 4 is 43.6 Å². The lowest BCUT2D eigenvalue weighted by molar-refractivity contribution is 1.17. The van der Waals surface area contributed by atoms with Crippen LogP contribution in [0.5, 0.6) is 0 Å². The fourth-order valence-corrected chi connectivity index (χ4v) is 10.5. The van der Waals surface area contributed by atoms with E-state index in [0.29, 0.717) is 11.6 Å². The highest BCUT2D eigenvalue weighted by Gasteiger charge is 2.17. The molecule has 0 atom stereocenters. The number of rotatable bonds is 9. The second-order valence-electron chi connectivity index (χ2n) is 18.6. The second-order valence-corrected chi connectivity index (χ2v) is 18.6. The summed E-state index contributed by atoms with van der Waals surface area (Å²) >= 11 is 0. The number of hydrogen-bond donors (Lipinski definition) is 0. The van der Waals surface area contributed by atoms with Crippen molar-refractivity contribution in [2.75, 3.05) is 0 Å². The molecule has 0 saturated heterocycles. The smallest absolute Gasteiger partial charge is 0.160 e. The van der Waals surface area contributed by atoms with E-state index >= 15 is 0 Å². The van der Waals surface area contributed by atoms with Crippen LogP contribution in [0.3, 0.4) is 0 Å². The summed E-state index contributed by atoms with van der Waals surface area (Å²) in [5.74, 6) is 1.34. The molecule has 4 aromatic heterocycles. The molecular formula is C68H44N6. The summed E-state index contributed by atoms with van der Waals surface area (Å²) in [6.45, 7) is 0. The SMILES string of the molecule is c1ccc(-c2cc(-c3ccc(-n4c5ccccc5c5ccccc54)cc3)nc(-c3ccc(-c4ccc(-c5nc(-c6ccccc6)cc(-c6ccc(-n7c8ccccc8c8ccccc87)cc6)n5)cc4)cc3)n2)cc1. The maximum absolute atomic E-state index is 5.20. The summed E-state index contributed by atoms with van der Waals surface area (Å²) in [6, 6.07) is 93.8. The van der Waals surface area contributed by atoms with Crippen molar-refractivity contribution in [1.29, 1.82) is 0 Å². The van der Waals surface area contributed by atoms with Crippen molar-refractivity contribution in [3.63, 3.8) is 0 Å². The molecule has 14 aromatic rings. The van der Waals surface area contributed by atoms with Gasteiger partial charge in [0.05, 0.1) is 44.8 Å². The van der Waals surface area contributed by atoms with E-state index < -0.39 is 0 Å². The van der Waals surface area contributed by atoms with Gasteiger partial charge in [0, 0.05) is 66.3 Å². The zero-order valence-electron chi connectivity index (χ0n) is 40.1. The lowest BCUT2D eigenvalue weighted by Crippen LogP contribution is -1.97. The first-order valence-corrected chi connectivity index (χ1v) is 25.0. The van der Waals surface area contributed by atoms with Gasteiger partial charge in [-0.25, -0.2) is 19.9 Å². The van der Waals surface area contributed by atoms with Crippen LogP contribution in [-0.2, 0) is 0 Å². The van der Waals surface area contributed by atoms with Gasteiger partial charge in [-0.05, 0) is 71.8 Å². The topological polar surface area (TPSA) is 61.4 Å². The molecule has 74 heavy (non-hydrogen) atoms. The molecule has 6 heteroatoms. The average Bonchev–Trinajstić information content (AvgIpc) is 4.01. The highest BCUT2D eigenvalue weighted by atomic mass is 15.0. The minimum Gasteiger partial charge on any atom is -0.309 e. The Morgan fingerprint density at radius 3 is 0.757 bits per heavy atom. The molecule has 0 radical (unpaired) electrons. The van der Waals surface area contributed by atoms with E-state index in [-0.39, 0.29) is 0 Å². The fraction of sp³-hybridized carbons (Fsp3) is 0. The molecule has 0 aliphatic carbocycles. The Hall–Kier alpha value is -10.0. The number of nitrogens with zero attached hydrogens (tertiary/aromatic N) is 6. The molecular weight excluding hydrogens is 901 g/mol. The Kier molecular flexibility index (Phi) is 10.4. The van der Waals surface area contributed by atoms with Gasteiger partial charge in [0.15, 0.2) is 11.6 Å². The summed E-state index contributed by atoms with van der Waals surface area (Å²) in [4.78, 5) is 20.7. The van der Waals surface area contributed by atoms with Crippen molar-refractivity contribution in [3.8, 4) is 90.3 Å². The van der Waals surface area contributed by atoms with Gasteiger partial charge in [0.2, 0.25) is 0 Å². The maximum Gasteiger partial charge on any atom is 0.160 e. The van der Waals surface area contributed by atoms with Crippen LogP contribution in [0.2, 0.25) is 0 Å². The number of fused-ring (bicyclic) bond motifs is 6. The minimum absolute atomic E-state index is 0.669.